The predicted octanol–water partition coefficient (Wildman–Crippen LogP) is 0.694. The Hall–Kier alpha value is -1.75. The summed E-state index contributed by atoms with van der Waals surface area (Å²) in [5.41, 5.74) is 11.6. The van der Waals surface area contributed by atoms with Gasteiger partial charge in [0.1, 0.15) is 0 Å². The largest absolute Gasteiger partial charge is 0.399 e. The minimum absolute atomic E-state index is 0.232. The van der Waals surface area contributed by atoms with Crippen molar-refractivity contribution in [1.82, 2.24) is 4.90 Å². The molecule has 0 fully saturated rings. The zero-order valence-electron chi connectivity index (χ0n) is 10.4. The third-order valence-corrected chi connectivity index (χ3v) is 2.28. The fraction of sp³-hybridized carbons (Fsp3) is 0.417. The number of amides is 1. The normalized spacial score (nSPS) is 11.3. The van der Waals surface area contributed by atoms with Crippen LogP contribution in [0.5, 0.6) is 0 Å². The van der Waals surface area contributed by atoms with E-state index in [0.717, 1.165) is 0 Å². The highest BCUT2D eigenvalue weighted by Gasteiger charge is 2.21. The molecule has 0 saturated carbocycles. The molecule has 1 amide bonds. The molecule has 1 rings (SSSR count). The van der Waals surface area contributed by atoms with Gasteiger partial charge in [-0.15, -0.1) is 0 Å². The topological polar surface area (TPSA) is 92.6 Å². The first kappa shape index (κ1) is 13.3. The Labute approximate surface area is 101 Å². The molecule has 0 heterocycles. The minimum atomic E-state index is -0.938. The highest BCUT2D eigenvalue weighted by molar-refractivity contribution is 5.99. The van der Waals surface area contributed by atoms with Crippen LogP contribution in [0, 0.1) is 0 Å². The Balaban J connectivity index is 2.89. The Bertz CT molecular complexity index is 424. The molecule has 0 aliphatic heterocycles. The summed E-state index contributed by atoms with van der Waals surface area (Å²) in [4.78, 5) is 13.5. The minimum Gasteiger partial charge on any atom is -0.399 e. The lowest BCUT2D eigenvalue weighted by atomic mass is 10.1. The summed E-state index contributed by atoms with van der Waals surface area (Å²) in [5.74, 6) is -0.232. The zero-order valence-corrected chi connectivity index (χ0v) is 10.4. The fourth-order valence-electron chi connectivity index (χ4n) is 1.63. The molecular formula is C12H19N3O2. The second-order valence-electron chi connectivity index (χ2n) is 4.82. The van der Waals surface area contributed by atoms with Crippen LogP contribution in [0.4, 0.5) is 11.4 Å². The van der Waals surface area contributed by atoms with Gasteiger partial charge in [0.25, 0.3) is 5.91 Å². The summed E-state index contributed by atoms with van der Waals surface area (Å²) in [7, 11) is 1.62. The van der Waals surface area contributed by atoms with Gasteiger partial charge in [0.05, 0.1) is 11.2 Å². The van der Waals surface area contributed by atoms with Crippen LogP contribution in [-0.2, 0) is 0 Å². The Morgan fingerprint density at radius 1 is 1.41 bits per heavy atom. The SMILES string of the molecule is CN(CC(C)(C)O)C(=O)c1ccc(N)cc1N. The highest BCUT2D eigenvalue weighted by Crippen LogP contribution is 2.18. The summed E-state index contributed by atoms with van der Waals surface area (Å²) < 4.78 is 0. The first-order chi connectivity index (χ1) is 7.70. The molecule has 5 N–H and O–H groups in total. The summed E-state index contributed by atoms with van der Waals surface area (Å²) >= 11 is 0. The van der Waals surface area contributed by atoms with E-state index in [0.29, 0.717) is 16.9 Å². The second-order valence-corrected chi connectivity index (χ2v) is 4.82. The van der Waals surface area contributed by atoms with E-state index in [4.69, 9.17) is 11.5 Å². The number of nitrogens with two attached hydrogens (primary N) is 2. The maximum atomic E-state index is 12.0. The van der Waals surface area contributed by atoms with Crippen molar-refractivity contribution in [2.45, 2.75) is 19.4 Å². The number of rotatable bonds is 3. The van der Waals surface area contributed by atoms with Crippen LogP contribution in [-0.4, -0.2) is 35.1 Å². The number of aliphatic hydroxyl groups is 1. The van der Waals surface area contributed by atoms with Crippen molar-refractivity contribution in [3.63, 3.8) is 0 Å². The Morgan fingerprint density at radius 3 is 2.47 bits per heavy atom. The van der Waals surface area contributed by atoms with Crippen molar-refractivity contribution in [2.75, 3.05) is 25.1 Å². The van der Waals surface area contributed by atoms with E-state index in [-0.39, 0.29) is 12.5 Å². The van der Waals surface area contributed by atoms with Crippen molar-refractivity contribution in [3.05, 3.63) is 23.8 Å². The number of hydrogen-bond acceptors (Lipinski definition) is 4. The number of anilines is 2. The summed E-state index contributed by atoms with van der Waals surface area (Å²) in [6, 6.07) is 4.76. The quantitative estimate of drug-likeness (QED) is 0.674. The average Bonchev–Trinajstić information content (AvgIpc) is 2.14. The number of benzene rings is 1. The number of hydrogen-bond donors (Lipinski definition) is 3. The van der Waals surface area contributed by atoms with E-state index in [1.165, 1.54) is 4.90 Å². The first-order valence-corrected chi connectivity index (χ1v) is 5.33. The van der Waals surface area contributed by atoms with E-state index in [2.05, 4.69) is 0 Å². The average molecular weight is 237 g/mol. The van der Waals surface area contributed by atoms with E-state index < -0.39 is 5.60 Å². The highest BCUT2D eigenvalue weighted by atomic mass is 16.3. The molecular weight excluding hydrogens is 218 g/mol. The van der Waals surface area contributed by atoms with Crippen LogP contribution in [0.15, 0.2) is 18.2 Å². The summed E-state index contributed by atoms with van der Waals surface area (Å²) in [6.45, 7) is 3.52. The van der Waals surface area contributed by atoms with Gasteiger partial charge in [0.2, 0.25) is 0 Å². The molecule has 0 atom stereocenters. The van der Waals surface area contributed by atoms with Crippen molar-refractivity contribution >= 4 is 17.3 Å². The molecule has 0 unspecified atom stereocenters. The lowest BCUT2D eigenvalue weighted by molar-refractivity contribution is 0.0368. The maximum Gasteiger partial charge on any atom is 0.255 e. The number of carbonyl (C=O) groups excluding carboxylic acids is 1. The van der Waals surface area contributed by atoms with E-state index in [1.807, 2.05) is 0 Å². The van der Waals surface area contributed by atoms with Gasteiger partial charge < -0.3 is 21.5 Å². The van der Waals surface area contributed by atoms with Gasteiger partial charge in [-0.3, -0.25) is 4.79 Å². The Kier molecular flexibility index (Phi) is 3.63. The van der Waals surface area contributed by atoms with Gasteiger partial charge in [-0.05, 0) is 32.0 Å². The van der Waals surface area contributed by atoms with Crippen LogP contribution >= 0.6 is 0 Å². The van der Waals surface area contributed by atoms with Gasteiger partial charge in [-0.2, -0.15) is 0 Å². The van der Waals surface area contributed by atoms with Crippen molar-refractivity contribution < 1.29 is 9.90 Å². The molecule has 0 aliphatic rings. The lowest BCUT2D eigenvalue weighted by Crippen LogP contribution is -2.39. The molecule has 0 aliphatic carbocycles. The molecule has 0 aromatic heterocycles. The number of likely N-dealkylation sites (N-methyl/N-ethyl adjacent to an activating group) is 1. The number of nitrogens with zero attached hydrogens (tertiary/aromatic N) is 1. The smallest absolute Gasteiger partial charge is 0.255 e. The number of carbonyl (C=O) groups is 1. The maximum absolute atomic E-state index is 12.0. The van der Waals surface area contributed by atoms with Crippen molar-refractivity contribution in [2.24, 2.45) is 0 Å². The van der Waals surface area contributed by atoms with Crippen LogP contribution < -0.4 is 11.5 Å². The van der Waals surface area contributed by atoms with Gasteiger partial charge in [-0.25, -0.2) is 0 Å². The summed E-state index contributed by atoms with van der Waals surface area (Å²) in [5, 5.41) is 9.65. The molecule has 0 spiro atoms. The monoisotopic (exact) mass is 237 g/mol. The van der Waals surface area contributed by atoms with E-state index in [9.17, 15) is 9.90 Å². The standard InChI is InChI=1S/C12H19N3O2/c1-12(2,17)7-15(3)11(16)9-5-4-8(13)6-10(9)14/h4-6,17H,7,13-14H2,1-3H3. The van der Waals surface area contributed by atoms with Crippen LogP contribution in [0.1, 0.15) is 24.2 Å². The third-order valence-electron chi connectivity index (χ3n) is 2.28. The predicted molar refractivity (Wildman–Crippen MR) is 68.5 cm³/mol. The molecule has 1 aromatic carbocycles. The lowest BCUT2D eigenvalue weighted by Gasteiger charge is -2.26. The van der Waals surface area contributed by atoms with Gasteiger partial charge in [-0.1, -0.05) is 0 Å². The van der Waals surface area contributed by atoms with Gasteiger partial charge in [0.15, 0.2) is 0 Å². The van der Waals surface area contributed by atoms with Crippen molar-refractivity contribution in [1.29, 1.82) is 0 Å². The molecule has 0 radical (unpaired) electrons. The van der Waals surface area contributed by atoms with E-state index >= 15 is 0 Å². The third kappa shape index (κ3) is 3.64. The first-order valence-electron chi connectivity index (χ1n) is 5.33. The second kappa shape index (κ2) is 4.63. The molecule has 5 heteroatoms. The molecule has 0 bridgehead atoms. The molecule has 0 saturated heterocycles. The van der Waals surface area contributed by atoms with Gasteiger partial charge >= 0.3 is 0 Å². The molecule has 5 nitrogen and oxygen atoms in total. The van der Waals surface area contributed by atoms with Crippen molar-refractivity contribution in [3.8, 4) is 0 Å². The fourth-order valence-corrected chi connectivity index (χ4v) is 1.63. The van der Waals surface area contributed by atoms with E-state index in [1.54, 1.807) is 39.1 Å². The summed E-state index contributed by atoms with van der Waals surface area (Å²) in [6.07, 6.45) is 0. The molecule has 94 valence electrons. The van der Waals surface area contributed by atoms with Gasteiger partial charge in [0, 0.05) is 25.0 Å². The molecule has 1 aromatic rings. The zero-order chi connectivity index (χ0) is 13.2. The number of nitrogen functional groups attached to an aromatic ring is 2. The van der Waals surface area contributed by atoms with Crippen LogP contribution in [0.25, 0.3) is 0 Å². The van der Waals surface area contributed by atoms with Crippen LogP contribution in [0.3, 0.4) is 0 Å². The Morgan fingerprint density at radius 2 is 2.00 bits per heavy atom. The molecule has 17 heavy (non-hydrogen) atoms. The van der Waals surface area contributed by atoms with Crippen LogP contribution in [0.2, 0.25) is 0 Å².